The minimum atomic E-state index is -3.49. The van der Waals surface area contributed by atoms with Crippen LogP contribution in [0.25, 0.3) is 0 Å². The van der Waals surface area contributed by atoms with Gasteiger partial charge in [0.2, 0.25) is 0 Å². The molecular formula is C3H6O4S2. The van der Waals surface area contributed by atoms with Gasteiger partial charge in [0.05, 0.1) is 21.3 Å². The maximum atomic E-state index is 10.7. The summed E-state index contributed by atoms with van der Waals surface area (Å²) in [5, 5.41) is 0. The van der Waals surface area contributed by atoms with E-state index in [2.05, 4.69) is 9.50 Å². The van der Waals surface area contributed by atoms with Crippen LogP contribution < -0.4 is 0 Å². The molecule has 0 aromatic rings. The van der Waals surface area contributed by atoms with E-state index in [4.69, 9.17) is 0 Å². The summed E-state index contributed by atoms with van der Waals surface area (Å²) >= 11 is 0. The average Bonchev–Trinajstić information content (AvgIpc) is 1.78. The lowest BCUT2D eigenvalue weighted by atomic mass is 11.0. The van der Waals surface area contributed by atoms with Crippen molar-refractivity contribution in [1.82, 2.24) is 0 Å². The largest absolute Gasteiger partial charge is 0.280 e. The normalized spacial score (nSPS) is 40.9. The van der Waals surface area contributed by atoms with Gasteiger partial charge < -0.3 is 0 Å². The van der Waals surface area contributed by atoms with Crippen molar-refractivity contribution in [2.24, 2.45) is 0 Å². The highest BCUT2D eigenvalue weighted by atomic mass is 32.3. The highest BCUT2D eigenvalue weighted by molar-refractivity contribution is 8.08. The lowest BCUT2D eigenvalue weighted by Crippen LogP contribution is -1.99. The molecule has 9 heavy (non-hydrogen) atoms. The Balaban J connectivity index is 3.09. The van der Waals surface area contributed by atoms with Crippen LogP contribution >= 0.6 is 0 Å². The van der Waals surface area contributed by atoms with Crippen molar-refractivity contribution in [2.75, 3.05) is 11.5 Å². The summed E-state index contributed by atoms with van der Waals surface area (Å²) in [6, 6.07) is 0. The van der Waals surface area contributed by atoms with Crippen molar-refractivity contribution in [2.45, 2.75) is 0 Å². The van der Waals surface area contributed by atoms with Gasteiger partial charge >= 0.3 is 0 Å². The fourth-order valence-corrected chi connectivity index (χ4v) is 4.37. The average molecular weight is 170 g/mol. The van der Waals surface area contributed by atoms with Crippen molar-refractivity contribution >= 4 is 25.8 Å². The zero-order chi connectivity index (χ0) is 7.12. The van der Waals surface area contributed by atoms with Gasteiger partial charge in [0, 0.05) is 0 Å². The van der Waals surface area contributed by atoms with E-state index in [1.54, 1.807) is 0 Å². The molecule has 0 aromatic heterocycles. The third-order valence-electron chi connectivity index (χ3n) is 0.872. The molecule has 1 heterocycles. The van der Waals surface area contributed by atoms with Crippen molar-refractivity contribution in [3.05, 3.63) is 0 Å². The Labute approximate surface area is 54.2 Å². The number of hydrogen-bond acceptors (Lipinski definition) is 4. The molecule has 1 aliphatic heterocycles. The standard InChI is InChI=1S/C3H6O4S2/c1-8(4)2-3-9(5,6)7-8/h1-3H2. The van der Waals surface area contributed by atoms with Crippen LogP contribution in [0, 0.1) is 0 Å². The first-order chi connectivity index (χ1) is 3.91. The summed E-state index contributed by atoms with van der Waals surface area (Å²) < 4.78 is 35.6. The third-order valence-corrected chi connectivity index (χ3v) is 4.48. The fraction of sp³-hybridized carbons (Fsp3) is 0.667. The molecule has 0 N–H and O–H groups in total. The lowest BCUT2D eigenvalue weighted by Gasteiger charge is -1.90. The predicted octanol–water partition coefficient (Wildman–Crippen LogP) is -1.02. The van der Waals surface area contributed by atoms with Gasteiger partial charge in [-0.1, -0.05) is 0 Å². The first kappa shape index (κ1) is 7.04. The molecule has 1 saturated heterocycles. The molecule has 0 saturated carbocycles. The molecular weight excluding hydrogens is 164 g/mol. The van der Waals surface area contributed by atoms with Crippen LogP contribution in [0.2, 0.25) is 0 Å². The molecule has 0 amide bonds. The second-order valence-electron chi connectivity index (χ2n) is 1.78. The van der Waals surface area contributed by atoms with Crippen LogP contribution in [0.4, 0.5) is 0 Å². The Hall–Kier alpha value is -0.0700. The van der Waals surface area contributed by atoms with Gasteiger partial charge in [-0.3, -0.25) is 0 Å². The van der Waals surface area contributed by atoms with Gasteiger partial charge in [-0.15, -0.1) is 0 Å². The van der Waals surface area contributed by atoms with Gasteiger partial charge in [0.1, 0.15) is 0 Å². The van der Waals surface area contributed by atoms with Crippen molar-refractivity contribution < 1.29 is 16.3 Å². The molecule has 4 nitrogen and oxygen atoms in total. The SMILES string of the molecule is C=S1(=O)CCS(=O)(=O)O1. The third kappa shape index (κ3) is 1.67. The highest BCUT2D eigenvalue weighted by Crippen LogP contribution is 2.10. The first-order valence-electron chi connectivity index (χ1n) is 2.20. The molecule has 1 atom stereocenters. The monoisotopic (exact) mass is 170 g/mol. The second-order valence-corrected chi connectivity index (χ2v) is 5.74. The van der Waals surface area contributed by atoms with E-state index >= 15 is 0 Å². The van der Waals surface area contributed by atoms with E-state index in [0.29, 0.717) is 0 Å². The van der Waals surface area contributed by atoms with Crippen LogP contribution in [0.1, 0.15) is 0 Å². The minimum Gasteiger partial charge on any atom is -0.240 e. The van der Waals surface area contributed by atoms with E-state index in [1.165, 1.54) is 0 Å². The Kier molecular flexibility index (Phi) is 1.34. The predicted molar refractivity (Wildman–Crippen MR) is 35.0 cm³/mol. The van der Waals surface area contributed by atoms with Gasteiger partial charge in [-0.25, -0.2) is 4.21 Å². The molecule has 1 fully saturated rings. The Bertz CT molecular complexity index is 263. The topological polar surface area (TPSA) is 60.4 Å². The van der Waals surface area contributed by atoms with Gasteiger partial charge in [0.25, 0.3) is 10.1 Å². The van der Waals surface area contributed by atoms with E-state index < -0.39 is 19.9 Å². The van der Waals surface area contributed by atoms with Crippen molar-refractivity contribution in [3.8, 4) is 0 Å². The number of hydrogen-bond donors (Lipinski definition) is 0. The van der Waals surface area contributed by atoms with Crippen molar-refractivity contribution in [1.29, 1.82) is 0 Å². The summed E-state index contributed by atoms with van der Waals surface area (Å²) in [6.45, 7) is 0. The fourth-order valence-electron chi connectivity index (χ4n) is 0.486. The van der Waals surface area contributed by atoms with E-state index in [0.717, 1.165) is 0 Å². The molecule has 1 aliphatic rings. The zero-order valence-electron chi connectivity index (χ0n) is 4.57. The zero-order valence-corrected chi connectivity index (χ0v) is 6.20. The molecule has 6 heteroatoms. The van der Waals surface area contributed by atoms with E-state index in [9.17, 15) is 12.6 Å². The summed E-state index contributed by atoms with van der Waals surface area (Å²) in [4.78, 5) is 0. The van der Waals surface area contributed by atoms with Crippen LogP contribution in [-0.2, 0) is 23.6 Å². The molecule has 0 bridgehead atoms. The smallest absolute Gasteiger partial charge is 0.240 e. The summed E-state index contributed by atoms with van der Waals surface area (Å²) in [5.74, 6) is 2.94. The maximum Gasteiger partial charge on any atom is 0.280 e. The highest BCUT2D eigenvalue weighted by Gasteiger charge is 2.27. The molecule has 1 unspecified atom stereocenters. The minimum absolute atomic E-state index is 0.0231. The summed E-state index contributed by atoms with van der Waals surface area (Å²) in [5.41, 5.74) is 0. The molecule has 0 aliphatic carbocycles. The number of rotatable bonds is 0. The first-order valence-corrected chi connectivity index (χ1v) is 5.60. The van der Waals surface area contributed by atoms with Crippen LogP contribution in [-0.4, -0.2) is 30.0 Å². The second kappa shape index (κ2) is 1.71. The van der Waals surface area contributed by atoms with Crippen LogP contribution in [0.5, 0.6) is 0 Å². The van der Waals surface area contributed by atoms with Crippen molar-refractivity contribution in [3.63, 3.8) is 0 Å². The molecule has 0 radical (unpaired) electrons. The van der Waals surface area contributed by atoms with Crippen LogP contribution in [0.15, 0.2) is 0 Å². The summed E-state index contributed by atoms with van der Waals surface area (Å²) in [7, 11) is -6.23. The Morgan fingerprint density at radius 1 is 1.22 bits per heavy atom. The Morgan fingerprint density at radius 2 is 1.78 bits per heavy atom. The molecule has 54 valence electrons. The van der Waals surface area contributed by atoms with E-state index in [-0.39, 0.29) is 11.5 Å². The molecule has 0 spiro atoms. The van der Waals surface area contributed by atoms with Gasteiger partial charge in [0.15, 0.2) is 0 Å². The maximum absolute atomic E-state index is 10.7. The Morgan fingerprint density at radius 3 is 1.89 bits per heavy atom. The van der Waals surface area contributed by atoms with E-state index in [1.807, 2.05) is 0 Å². The van der Waals surface area contributed by atoms with Gasteiger partial charge in [-0.05, 0) is 5.87 Å². The quantitative estimate of drug-likeness (QED) is 0.436. The van der Waals surface area contributed by atoms with Crippen LogP contribution in [0.3, 0.4) is 0 Å². The lowest BCUT2D eigenvalue weighted by molar-refractivity contribution is 0.511. The van der Waals surface area contributed by atoms with Gasteiger partial charge in [-0.2, -0.15) is 12.0 Å². The molecule has 0 aromatic carbocycles. The summed E-state index contributed by atoms with van der Waals surface area (Å²) in [6.07, 6.45) is 0. The molecule has 1 rings (SSSR count).